The maximum absolute atomic E-state index is 13.7. The fourth-order valence-electron chi connectivity index (χ4n) is 4.98. The van der Waals surface area contributed by atoms with Crippen molar-refractivity contribution in [1.82, 2.24) is 15.1 Å². The lowest BCUT2D eigenvalue weighted by Crippen LogP contribution is -2.58. The number of nitrogens with one attached hydrogen (secondary N) is 2. The summed E-state index contributed by atoms with van der Waals surface area (Å²) in [6.45, 7) is 4.16. The minimum absolute atomic E-state index is 0.0615. The Balaban J connectivity index is 1.51. The first-order valence-electron chi connectivity index (χ1n) is 12.1. The highest BCUT2D eigenvalue weighted by atomic mass is 19.4. The number of piperidine rings is 1. The number of halogens is 3. The van der Waals surface area contributed by atoms with Crippen LogP contribution in [0.25, 0.3) is 0 Å². The lowest BCUT2D eigenvalue weighted by atomic mass is 9.85. The molecule has 1 spiro atoms. The molecule has 37 heavy (non-hydrogen) atoms. The van der Waals surface area contributed by atoms with Gasteiger partial charge in [0.2, 0.25) is 5.91 Å². The van der Waals surface area contributed by atoms with Crippen LogP contribution in [-0.2, 0) is 15.8 Å². The van der Waals surface area contributed by atoms with Crippen LogP contribution in [-0.4, -0.2) is 65.5 Å². The number of carbonyl (C=O) groups excluding carboxylic acids is 3. The van der Waals surface area contributed by atoms with Crippen molar-refractivity contribution in [3.05, 3.63) is 60.2 Å². The molecule has 0 bridgehead atoms. The molecule has 2 fully saturated rings. The van der Waals surface area contributed by atoms with Gasteiger partial charge in [-0.1, -0.05) is 30.3 Å². The Hall–Kier alpha value is -3.76. The van der Waals surface area contributed by atoms with Crippen LogP contribution in [0.15, 0.2) is 54.6 Å². The summed E-state index contributed by atoms with van der Waals surface area (Å²) in [6.07, 6.45) is -4.05. The Labute approximate surface area is 213 Å². The number of hydrogen-bond donors (Lipinski definition) is 2. The Morgan fingerprint density at radius 3 is 2.24 bits per heavy atom. The summed E-state index contributed by atoms with van der Waals surface area (Å²) in [5, 5.41) is 5.18. The lowest BCUT2D eigenvalue weighted by Gasteiger charge is -2.43. The zero-order chi connectivity index (χ0) is 26.8. The first-order valence-corrected chi connectivity index (χ1v) is 12.1. The number of nitrogens with zero attached hydrogens (tertiary/aromatic N) is 3. The maximum Gasteiger partial charge on any atom is 0.418 e. The molecular formula is C26H30F3N5O3. The highest BCUT2D eigenvalue weighted by Gasteiger charge is 2.54. The second-order valence-electron chi connectivity index (χ2n) is 9.62. The molecule has 2 aromatic rings. The number of para-hydroxylation sites is 2. The van der Waals surface area contributed by atoms with Gasteiger partial charge in [-0.25, -0.2) is 4.79 Å². The van der Waals surface area contributed by atoms with Crippen molar-refractivity contribution in [1.29, 1.82) is 0 Å². The monoisotopic (exact) mass is 517 g/mol. The van der Waals surface area contributed by atoms with Crippen LogP contribution in [0.5, 0.6) is 0 Å². The van der Waals surface area contributed by atoms with Crippen molar-refractivity contribution < 1.29 is 27.6 Å². The fourth-order valence-corrected chi connectivity index (χ4v) is 4.98. The third-order valence-corrected chi connectivity index (χ3v) is 6.72. The van der Waals surface area contributed by atoms with Gasteiger partial charge < -0.3 is 25.3 Å². The summed E-state index contributed by atoms with van der Waals surface area (Å²) < 4.78 is 40.0. The summed E-state index contributed by atoms with van der Waals surface area (Å²) in [6, 6.07) is 13.5. The van der Waals surface area contributed by atoms with Gasteiger partial charge in [-0.05, 0) is 51.0 Å². The average Bonchev–Trinajstić information content (AvgIpc) is 3.10. The topological polar surface area (TPSA) is 85.0 Å². The third kappa shape index (κ3) is 5.50. The van der Waals surface area contributed by atoms with Crippen LogP contribution in [0.2, 0.25) is 0 Å². The van der Waals surface area contributed by atoms with Gasteiger partial charge in [0.25, 0.3) is 5.91 Å². The van der Waals surface area contributed by atoms with Crippen LogP contribution in [0.3, 0.4) is 0 Å². The molecule has 0 aliphatic carbocycles. The van der Waals surface area contributed by atoms with E-state index < -0.39 is 23.3 Å². The van der Waals surface area contributed by atoms with Crippen molar-refractivity contribution in [3.63, 3.8) is 0 Å². The molecule has 0 radical (unpaired) electrons. The standard InChI is InChI=1S/C26H30F3N5O3/c1-18(2)30-22(35)16-33-17-34(19-8-4-3-5-9-19)25(23(33)36)12-14-32(15-13-25)24(37)31-21-11-7-6-10-20(21)26(27,28)29/h3-11,18H,12-17H2,1-2H3,(H,30,35)(H,31,37). The highest BCUT2D eigenvalue weighted by molar-refractivity contribution is 5.97. The van der Waals surface area contributed by atoms with E-state index in [0.717, 1.165) is 11.8 Å². The molecule has 0 aromatic heterocycles. The van der Waals surface area contributed by atoms with Gasteiger partial charge in [-0.3, -0.25) is 9.59 Å². The van der Waals surface area contributed by atoms with Crippen LogP contribution < -0.4 is 15.5 Å². The molecule has 2 N–H and O–H groups in total. The lowest BCUT2D eigenvalue weighted by molar-refractivity contribution is -0.137. The van der Waals surface area contributed by atoms with Gasteiger partial charge >= 0.3 is 12.2 Å². The van der Waals surface area contributed by atoms with E-state index in [2.05, 4.69) is 10.6 Å². The third-order valence-electron chi connectivity index (χ3n) is 6.72. The van der Waals surface area contributed by atoms with Crippen molar-refractivity contribution in [2.75, 3.05) is 36.5 Å². The number of amides is 4. The minimum Gasteiger partial charge on any atom is -0.352 e. The molecule has 0 saturated carbocycles. The molecule has 2 aliphatic rings. The van der Waals surface area contributed by atoms with Gasteiger partial charge in [0.1, 0.15) is 12.1 Å². The summed E-state index contributed by atoms with van der Waals surface area (Å²) in [7, 11) is 0. The van der Waals surface area contributed by atoms with Crippen molar-refractivity contribution in [3.8, 4) is 0 Å². The number of hydrogen-bond acceptors (Lipinski definition) is 4. The van der Waals surface area contributed by atoms with Crippen LogP contribution >= 0.6 is 0 Å². The number of benzene rings is 2. The van der Waals surface area contributed by atoms with Crippen LogP contribution in [0.1, 0.15) is 32.3 Å². The highest BCUT2D eigenvalue weighted by Crippen LogP contribution is 2.40. The fraction of sp³-hybridized carbons (Fsp3) is 0.423. The summed E-state index contributed by atoms with van der Waals surface area (Å²) in [4.78, 5) is 43.9. The van der Waals surface area contributed by atoms with Crippen molar-refractivity contribution in [2.24, 2.45) is 0 Å². The molecule has 8 nitrogen and oxygen atoms in total. The SMILES string of the molecule is CC(C)NC(=O)CN1CN(c2ccccc2)C2(CCN(C(=O)Nc3ccccc3C(F)(F)F)CC2)C1=O. The second-order valence-corrected chi connectivity index (χ2v) is 9.62. The number of rotatable bonds is 5. The Kier molecular flexibility index (Phi) is 7.33. The number of urea groups is 1. The van der Waals surface area contributed by atoms with Gasteiger partial charge in [0.15, 0.2) is 0 Å². The molecule has 11 heteroatoms. The normalized spacial score (nSPS) is 17.5. The zero-order valence-electron chi connectivity index (χ0n) is 20.7. The second kappa shape index (κ2) is 10.3. The number of carbonyl (C=O) groups is 3. The Bertz CT molecular complexity index is 1150. The molecule has 2 saturated heterocycles. The number of alkyl halides is 3. The van der Waals surface area contributed by atoms with Gasteiger partial charge in [0, 0.05) is 24.8 Å². The first-order chi connectivity index (χ1) is 17.5. The van der Waals surface area contributed by atoms with Gasteiger partial charge in [0.05, 0.1) is 17.9 Å². The van der Waals surface area contributed by atoms with E-state index in [1.807, 2.05) is 49.1 Å². The minimum atomic E-state index is -4.60. The smallest absolute Gasteiger partial charge is 0.352 e. The average molecular weight is 518 g/mol. The first kappa shape index (κ1) is 26.3. The zero-order valence-corrected chi connectivity index (χ0v) is 20.7. The van der Waals surface area contributed by atoms with Crippen molar-refractivity contribution >= 4 is 29.2 Å². The summed E-state index contributed by atoms with van der Waals surface area (Å²) in [5.41, 5.74) is -1.38. The molecule has 198 valence electrons. The molecule has 0 atom stereocenters. The Morgan fingerprint density at radius 1 is 1.00 bits per heavy atom. The number of likely N-dealkylation sites (tertiary alicyclic amines) is 1. The van der Waals surface area contributed by atoms with E-state index in [1.165, 1.54) is 28.0 Å². The van der Waals surface area contributed by atoms with E-state index in [-0.39, 0.29) is 62.7 Å². The van der Waals surface area contributed by atoms with Gasteiger partial charge in [-0.2, -0.15) is 13.2 Å². The maximum atomic E-state index is 13.7. The quantitative estimate of drug-likeness (QED) is 0.630. The van der Waals surface area contributed by atoms with E-state index in [9.17, 15) is 27.6 Å². The van der Waals surface area contributed by atoms with Gasteiger partial charge in [-0.15, -0.1) is 0 Å². The summed E-state index contributed by atoms with van der Waals surface area (Å²) >= 11 is 0. The van der Waals surface area contributed by atoms with E-state index >= 15 is 0 Å². The predicted octanol–water partition coefficient (Wildman–Crippen LogP) is 3.90. The molecular weight excluding hydrogens is 487 g/mol. The van der Waals surface area contributed by atoms with Crippen LogP contribution in [0.4, 0.5) is 29.3 Å². The summed E-state index contributed by atoms with van der Waals surface area (Å²) in [5.74, 6) is -0.453. The predicted molar refractivity (Wildman–Crippen MR) is 133 cm³/mol. The Morgan fingerprint density at radius 2 is 1.62 bits per heavy atom. The molecule has 0 unspecified atom stereocenters. The van der Waals surface area contributed by atoms with E-state index in [1.54, 1.807) is 0 Å². The molecule has 2 aliphatic heterocycles. The largest absolute Gasteiger partial charge is 0.418 e. The molecule has 2 heterocycles. The van der Waals surface area contributed by atoms with Crippen LogP contribution in [0, 0.1) is 0 Å². The molecule has 2 aromatic carbocycles. The molecule has 4 rings (SSSR count). The number of anilines is 2. The van der Waals surface area contributed by atoms with E-state index in [4.69, 9.17) is 0 Å². The van der Waals surface area contributed by atoms with Crippen molar-refractivity contribution in [2.45, 2.75) is 44.4 Å². The molecule has 4 amide bonds. The van der Waals surface area contributed by atoms with E-state index in [0.29, 0.717) is 0 Å².